The van der Waals surface area contributed by atoms with Crippen LogP contribution in [-0.2, 0) is 4.74 Å². The van der Waals surface area contributed by atoms with Crippen LogP contribution in [0.5, 0.6) is 0 Å². The van der Waals surface area contributed by atoms with Gasteiger partial charge in [-0.1, -0.05) is 0 Å². The summed E-state index contributed by atoms with van der Waals surface area (Å²) in [6.45, 7) is 8.79. The molecule has 1 unspecified atom stereocenters. The second-order valence-corrected chi connectivity index (χ2v) is 6.97. The maximum absolute atomic E-state index is 12.1. The zero-order valence-corrected chi connectivity index (χ0v) is 11.7. The Hall–Kier alpha value is -0.770. The van der Waals surface area contributed by atoms with Crippen LogP contribution in [0.25, 0.3) is 0 Å². The molecule has 0 bridgehead atoms. The standard InChI is InChI=1S/C14H24N2O2/c1-14(2,3)18-13(17)15-8-10-6-7-16(11-4-5-11)12(10)9-15/h10-12H,4-9H2,1-3H3/t10-,12?/m1/s1. The van der Waals surface area contributed by atoms with E-state index in [9.17, 15) is 4.79 Å². The highest BCUT2D eigenvalue weighted by molar-refractivity contribution is 5.68. The topological polar surface area (TPSA) is 32.8 Å². The number of carbonyl (C=O) groups excluding carboxylic acids is 1. The molecule has 0 aromatic carbocycles. The van der Waals surface area contributed by atoms with E-state index < -0.39 is 0 Å². The second-order valence-electron chi connectivity index (χ2n) is 6.97. The van der Waals surface area contributed by atoms with Crippen molar-refractivity contribution in [3.8, 4) is 0 Å². The summed E-state index contributed by atoms with van der Waals surface area (Å²) in [5.41, 5.74) is -0.384. The molecule has 2 saturated heterocycles. The zero-order valence-electron chi connectivity index (χ0n) is 11.7. The molecule has 0 aromatic heterocycles. The summed E-state index contributed by atoms with van der Waals surface area (Å²) in [7, 11) is 0. The van der Waals surface area contributed by atoms with Gasteiger partial charge in [-0.05, 0) is 52.5 Å². The van der Waals surface area contributed by atoms with Crippen molar-refractivity contribution in [3.63, 3.8) is 0 Å². The van der Waals surface area contributed by atoms with Crippen LogP contribution in [0.1, 0.15) is 40.0 Å². The Kier molecular flexibility index (Phi) is 2.81. The minimum Gasteiger partial charge on any atom is -0.444 e. The zero-order chi connectivity index (χ0) is 12.9. The fraction of sp³-hybridized carbons (Fsp3) is 0.929. The summed E-state index contributed by atoms with van der Waals surface area (Å²) < 4.78 is 5.47. The van der Waals surface area contributed by atoms with Crippen molar-refractivity contribution in [2.75, 3.05) is 19.6 Å². The molecule has 2 heterocycles. The number of nitrogens with zero attached hydrogens (tertiary/aromatic N) is 2. The Labute approximate surface area is 109 Å². The van der Waals surface area contributed by atoms with Gasteiger partial charge in [-0.25, -0.2) is 4.79 Å². The first kappa shape index (κ1) is 12.3. The third kappa shape index (κ3) is 2.35. The Balaban J connectivity index is 1.60. The van der Waals surface area contributed by atoms with Crippen molar-refractivity contribution in [1.82, 2.24) is 9.80 Å². The Morgan fingerprint density at radius 3 is 2.50 bits per heavy atom. The van der Waals surface area contributed by atoms with Crippen molar-refractivity contribution in [2.45, 2.75) is 57.7 Å². The highest BCUT2D eigenvalue weighted by Crippen LogP contribution is 2.39. The van der Waals surface area contributed by atoms with Crippen molar-refractivity contribution in [1.29, 1.82) is 0 Å². The molecule has 0 aromatic rings. The lowest BCUT2D eigenvalue weighted by Crippen LogP contribution is -2.40. The molecule has 2 aliphatic heterocycles. The van der Waals surface area contributed by atoms with Crippen LogP contribution in [0, 0.1) is 5.92 Å². The number of hydrogen-bond donors (Lipinski definition) is 0. The molecule has 1 amide bonds. The Bertz CT molecular complexity index is 346. The molecule has 4 heteroatoms. The van der Waals surface area contributed by atoms with Crippen molar-refractivity contribution < 1.29 is 9.53 Å². The van der Waals surface area contributed by atoms with Gasteiger partial charge in [0.05, 0.1) is 0 Å². The SMILES string of the molecule is CC(C)(C)OC(=O)N1CC2[C@H](CCN2C2CC2)C1. The van der Waals surface area contributed by atoms with Gasteiger partial charge < -0.3 is 9.64 Å². The number of likely N-dealkylation sites (tertiary alicyclic amines) is 2. The Morgan fingerprint density at radius 1 is 1.17 bits per heavy atom. The lowest BCUT2D eigenvalue weighted by atomic mass is 10.1. The van der Waals surface area contributed by atoms with Gasteiger partial charge in [-0.2, -0.15) is 0 Å². The monoisotopic (exact) mass is 252 g/mol. The normalized spacial score (nSPS) is 32.7. The predicted molar refractivity (Wildman–Crippen MR) is 69.4 cm³/mol. The third-order valence-corrected chi connectivity index (χ3v) is 4.26. The van der Waals surface area contributed by atoms with E-state index in [1.54, 1.807) is 0 Å². The third-order valence-electron chi connectivity index (χ3n) is 4.26. The van der Waals surface area contributed by atoms with E-state index in [2.05, 4.69) is 4.90 Å². The smallest absolute Gasteiger partial charge is 0.410 e. The van der Waals surface area contributed by atoms with E-state index in [4.69, 9.17) is 4.74 Å². The summed E-state index contributed by atoms with van der Waals surface area (Å²) in [5, 5.41) is 0. The number of ether oxygens (including phenoxy) is 1. The molecular formula is C14H24N2O2. The molecule has 4 nitrogen and oxygen atoms in total. The maximum atomic E-state index is 12.1. The average molecular weight is 252 g/mol. The van der Waals surface area contributed by atoms with Gasteiger partial charge in [0, 0.05) is 25.2 Å². The fourth-order valence-electron chi connectivity index (χ4n) is 3.33. The number of carbonyl (C=O) groups is 1. The van der Waals surface area contributed by atoms with Gasteiger partial charge in [0.25, 0.3) is 0 Å². The van der Waals surface area contributed by atoms with Gasteiger partial charge in [0.15, 0.2) is 0 Å². The van der Waals surface area contributed by atoms with Crippen molar-refractivity contribution >= 4 is 6.09 Å². The second kappa shape index (κ2) is 4.12. The van der Waals surface area contributed by atoms with E-state index in [1.807, 2.05) is 25.7 Å². The minimum absolute atomic E-state index is 0.132. The van der Waals surface area contributed by atoms with Crippen molar-refractivity contribution in [2.24, 2.45) is 5.92 Å². The molecule has 3 rings (SSSR count). The summed E-state index contributed by atoms with van der Waals surface area (Å²) in [6, 6.07) is 1.42. The van der Waals surface area contributed by atoms with E-state index in [0.29, 0.717) is 12.0 Å². The lowest BCUT2D eigenvalue weighted by molar-refractivity contribution is 0.0271. The van der Waals surface area contributed by atoms with E-state index in [1.165, 1.54) is 25.8 Å². The molecule has 102 valence electrons. The van der Waals surface area contributed by atoms with Gasteiger partial charge in [-0.15, -0.1) is 0 Å². The summed E-state index contributed by atoms with van der Waals surface area (Å²) >= 11 is 0. The van der Waals surface area contributed by atoms with Crippen LogP contribution in [0.15, 0.2) is 0 Å². The molecule has 3 fully saturated rings. The van der Waals surface area contributed by atoms with Crippen LogP contribution >= 0.6 is 0 Å². The quantitative estimate of drug-likeness (QED) is 0.716. The molecule has 3 aliphatic rings. The number of amides is 1. The minimum atomic E-state index is -0.384. The first-order valence-electron chi connectivity index (χ1n) is 7.18. The predicted octanol–water partition coefficient (Wildman–Crippen LogP) is 2.09. The molecule has 0 radical (unpaired) electrons. The number of hydrogen-bond acceptors (Lipinski definition) is 3. The highest BCUT2D eigenvalue weighted by atomic mass is 16.6. The first-order valence-corrected chi connectivity index (χ1v) is 7.18. The molecule has 1 aliphatic carbocycles. The first-order chi connectivity index (χ1) is 8.44. The highest BCUT2D eigenvalue weighted by Gasteiger charge is 2.47. The van der Waals surface area contributed by atoms with Gasteiger partial charge in [0.1, 0.15) is 5.60 Å². The largest absolute Gasteiger partial charge is 0.444 e. The number of rotatable bonds is 1. The van der Waals surface area contributed by atoms with Gasteiger partial charge in [0.2, 0.25) is 0 Å². The Morgan fingerprint density at radius 2 is 1.89 bits per heavy atom. The van der Waals surface area contributed by atoms with Crippen LogP contribution in [-0.4, -0.2) is 53.2 Å². The van der Waals surface area contributed by atoms with E-state index in [0.717, 1.165) is 19.1 Å². The van der Waals surface area contributed by atoms with Gasteiger partial charge in [-0.3, -0.25) is 4.90 Å². The van der Waals surface area contributed by atoms with Crippen molar-refractivity contribution in [3.05, 3.63) is 0 Å². The molecule has 2 atom stereocenters. The summed E-state index contributed by atoms with van der Waals surface area (Å²) in [5.74, 6) is 0.679. The molecule has 1 saturated carbocycles. The maximum Gasteiger partial charge on any atom is 0.410 e. The van der Waals surface area contributed by atoms with E-state index >= 15 is 0 Å². The van der Waals surface area contributed by atoms with Gasteiger partial charge >= 0.3 is 6.09 Å². The van der Waals surface area contributed by atoms with Crippen LogP contribution in [0.3, 0.4) is 0 Å². The van der Waals surface area contributed by atoms with E-state index in [-0.39, 0.29) is 11.7 Å². The molecular weight excluding hydrogens is 228 g/mol. The fourth-order valence-corrected chi connectivity index (χ4v) is 3.33. The van der Waals surface area contributed by atoms with Crippen LogP contribution in [0.4, 0.5) is 4.79 Å². The average Bonchev–Trinajstić information content (AvgIpc) is 2.87. The van der Waals surface area contributed by atoms with Crippen LogP contribution < -0.4 is 0 Å². The van der Waals surface area contributed by atoms with Crippen LogP contribution in [0.2, 0.25) is 0 Å². The lowest BCUT2D eigenvalue weighted by Gasteiger charge is -2.26. The molecule has 18 heavy (non-hydrogen) atoms. The number of fused-ring (bicyclic) bond motifs is 1. The summed E-state index contributed by atoms with van der Waals surface area (Å²) in [4.78, 5) is 16.6. The molecule has 0 spiro atoms. The molecule has 0 N–H and O–H groups in total. The summed E-state index contributed by atoms with van der Waals surface area (Å²) in [6.07, 6.45) is 3.83.